The first-order valence-corrected chi connectivity index (χ1v) is 15.9. The first-order chi connectivity index (χ1) is 21.2. The Kier molecular flexibility index (Phi) is 9.44. The van der Waals surface area contributed by atoms with E-state index in [9.17, 15) is 9.90 Å². The number of hydrogen-bond acceptors (Lipinski definition) is 11. The van der Waals surface area contributed by atoms with Gasteiger partial charge in [-0.05, 0) is 51.0 Å². The number of thiazole rings is 1. The number of benzene rings is 2. The molecule has 0 radical (unpaired) electrons. The molecule has 13 heteroatoms. The smallest absolute Gasteiger partial charge is 0.338 e. The zero-order valence-corrected chi connectivity index (χ0v) is 26.7. The summed E-state index contributed by atoms with van der Waals surface area (Å²) in [4.78, 5) is 17.0. The van der Waals surface area contributed by atoms with Crippen molar-refractivity contribution in [3.05, 3.63) is 62.3 Å². The maximum absolute atomic E-state index is 12.2. The van der Waals surface area contributed by atoms with Crippen LogP contribution in [0.25, 0.3) is 21.5 Å². The number of methoxy groups -OCH3 is 1. The lowest BCUT2D eigenvalue weighted by Gasteiger charge is -2.21. The van der Waals surface area contributed by atoms with E-state index in [-0.39, 0.29) is 31.8 Å². The second kappa shape index (κ2) is 13.3. The lowest BCUT2D eigenvalue weighted by atomic mass is 10.0. The number of rotatable bonds is 12. The third-order valence-electron chi connectivity index (χ3n) is 7.40. The summed E-state index contributed by atoms with van der Waals surface area (Å²) >= 11 is 14.4. The van der Waals surface area contributed by atoms with Gasteiger partial charge in [-0.25, -0.2) is 9.78 Å². The van der Waals surface area contributed by atoms with Crippen molar-refractivity contribution in [2.75, 3.05) is 20.3 Å². The standard InChI is InChI=1S/C31H32Cl2N2O8S/c1-15(2)42-21-11-17(30(36)38-3)12-23-27(21)34-24(44-23)9-10-39-29-22(14-41-31(29)37)40-13-18-26(35-43-28(18)16-7-8-16)25-19(32)5-4-6-20(25)33/h4-6,11-12,15-16,22,29,31,37H,7-10,13-14H2,1-3H3/t22?,29-,31+/m1/s1. The molecule has 10 nitrogen and oxygen atoms in total. The number of esters is 1. The molecular weight excluding hydrogens is 631 g/mol. The molecule has 3 heterocycles. The summed E-state index contributed by atoms with van der Waals surface area (Å²) in [6.45, 7) is 4.40. The maximum Gasteiger partial charge on any atom is 0.338 e. The molecule has 6 rings (SSSR count). The molecule has 1 N–H and O–H groups in total. The number of fused-ring (bicyclic) bond motifs is 1. The number of hydrogen-bond donors (Lipinski definition) is 1. The quantitative estimate of drug-likeness (QED) is 0.167. The van der Waals surface area contributed by atoms with Gasteiger partial charge in [0.1, 0.15) is 34.9 Å². The van der Waals surface area contributed by atoms with Gasteiger partial charge in [-0.1, -0.05) is 34.4 Å². The molecule has 0 bridgehead atoms. The number of nitrogens with zero attached hydrogens (tertiary/aromatic N) is 2. The van der Waals surface area contributed by atoms with Crippen molar-refractivity contribution in [1.82, 2.24) is 10.1 Å². The van der Waals surface area contributed by atoms with E-state index in [1.165, 1.54) is 18.4 Å². The van der Waals surface area contributed by atoms with Crippen LogP contribution in [0.15, 0.2) is 34.9 Å². The van der Waals surface area contributed by atoms with Gasteiger partial charge in [-0.2, -0.15) is 0 Å². The number of aliphatic hydroxyl groups is 1. The van der Waals surface area contributed by atoms with Gasteiger partial charge in [-0.15, -0.1) is 11.3 Å². The molecule has 234 valence electrons. The van der Waals surface area contributed by atoms with Gasteiger partial charge >= 0.3 is 5.97 Å². The van der Waals surface area contributed by atoms with Crippen molar-refractivity contribution in [2.45, 2.75) is 70.2 Å². The number of ether oxygens (including phenoxy) is 5. The molecule has 2 aliphatic rings. The normalized spacial score (nSPS) is 20.1. The minimum absolute atomic E-state index is 0.101. The van der Waals surface area contributed by atoms with E-state index < -0.39 is 24.5 Å². The molecule has 3 atom stereocenters. The fourth-order valence-electron chi connectivity index (χ4n) is 5.15. The van der Waals surface area contributed by atoms with Gasteiger partial charge in [0.2, 0.25) is 0 Å². The first kappa shape index (κ1) is 31.2. The van der Waals surface area contributed by atoms with Crippen LogP contribution in [0.4, 0.5) is 0 Å². The summed E-state index contributed by atoms with van der Waals surface area (Å²) in [5.74, 6) is 1.11. The van der Waals surface area contributed by atoms with Crippen LogP contribution in [-0.4, -0.2) is 66.1 Å². The molecule has 2 fully saturated rings. The third-order valence-corrected chi connectivity index (χ3v) is 9.09. The zero-order chi connectivity index (χ0) is 31.0. The van der Waals surface area contributed by atoms with Crippen LogP contribution < -0.4 is 4.74 Å². The highest BCUT2D eigenvalue weighted by atomic mass is 35.5. The molecule has 4 aromatic rings. The van der Waals surface area contributed by atoms with Crippen LogP contribution in [0.5, 0.6) is 5.75 Å². The molecule has 1 saturated heterocycles. The Bertz CT molecular complexity index is 1630. The molecule has 1 saturated carbocycles. The fourth-order valence-corrected chi connectivity index (χ4v) is 6.73. The van der Waals surface area contributed by atoms with Gasteiger partial charge in [-0.3, -0.25) is 0 Å². The first-order valence-electron chi connectivity index (χ1n) is 14.4. The lowest BCUT2D eigenvalue weighted by molar-refractivity contribution is -0.138. The number of carbonyl (C=O) groups excluding carboxylic acids is 1. The fraction of sp³-hybridized carbons (Fsp3) is 0.452. The van der Waals surface area contributed by atoms with Crippen molar-refractivity contribution < 1.29 is 38.1 Å². The molecule has 1 aliphatic heterocycles. The highest BCUT2D eigenvalue weighted by molar-refractivity contribution is 7.18. The highest BCUT2D eigenvalue weighted by Crippen LogP contribution is 2.46. The molecule has 2 aromatic carbocycles. The van der Waals surface area contributed by atoms with Crippen molar-refractivity contribution in [3.63, 3.8) is 0 Å². The van der Waals surface area contributed by atoms with E-state index in [0.717, 1.165) is 33.9 Å². The van der Waals surface area contributed by atoms with Gasteiger partial charge < -0.3 is 33.3 Å². The van der Waals surface area contributed by atoms with E-state index in [1.54, 1.807) is 30.3 Å². The van der Waals surface area contributed by atoms with E-state index in [1.807, 2.05) is 13.8 Å². The maximum atomic E-state index is 12.2. The number of halogens is 2. The Morgan fingerprint density at radius 1 is 1.18 bits per heavy atom. The number of aromatic nitrogens is 2. The van der Waals surface area contributed by atoms with Crippen LogP contribution >= 0.6 is 34.5 Å². The lowest BCUT2D eigenvalue weighted by Crippen LogP contribution is -2.35. The molecule has 0 spiro atoms. The van der Waals surface area contributed by atoms with Crippen LogP contribution in [0.2, 0.25) is 10.0 Å². The van der Waals surface area contributed by atoms with E-state index in [2.05, 4.69) is 5.16 Å². The van der Waals surface area contributed by atoms with Gasteiger partial charge in [0.15, 0.2) is 6.29 Å². The molecule has 44 heavy (non-hydrogen) atoms. The van der Waals surface area contributed by atoms with Gasteiger partial charge in [0, 0.05) is 23.5 Å². The van der Waals surface area contributed by atoms with E-state index in [4.69, 9.17) is 56.4 Å². The molecule has 0 amide bonds. The summed E-state index contributed by atoms with van der Waals surface area (Å²) in [5, 5.41) is 16.6. The molecule has 2 aromatic heterocycles. The Morgan fingerprint density at radius 3 is 2.66 bits per heavy atom. The predicted molar refractivity (Wildman–Crippen MR) is 165 cm³/mol. The van der Waals surface area contributed by atoms with Crippen LogP contribution in [0.3, 0.4) is 0 Å². The van der Waals surface area contributed by atoms with Crippen molar-refractivity contribution in [2.24, 2.45) is 0 Å². The van der Waals surface area contributed by atoms with E-state index >= 15 is 0 Å². The number of carbonyl (C=O) groups is 1. The summed E-state index contributed by atoms with van der Waals surface area (Å²) in [7, 11) is 1.34. The minimum Gasteiger partial charge on any atom is -0.489 e. The Hall–Kier alpha value is -2.77. The topological polar surface area (TPSA) is 122 Å². The summed E-state index contributed by atoms with van der Waals surface area (Å²) in [6.07, 6.45) is -0.0114. The van der Waals surface area contributed by atoms with Gasteiger partial charge in [0.25, 0.3) is 0 Å². The van der Waals surface area contributed by atoms with Crippen molar-refractivity contribution >= 4 is 50.7 Å². The summed E-state index contributed by atoms with van der Waals surface area (Å²) in [6, 6.07) is 8.69. The molecule has 1 unspecified atom stereocenters. The second-order valence-electron chi connectivity index (χ2n) is 11.0. The Morgan fingerprint density at radius 2 is 1.95 bits per heavy atom. The number of aliphatic hydroxyl groups excluding tert-OH is 1. The Balaban J connectivity index is 1.14. The van der Waals surface area contributed by atoms with Crippen LogP contribution in [-0.2, 0) is 32.0 Å². The third kappa shape index (κ3) is 6.60. The monoisotopic (exact) mass is 662 g/mol. The zero-order valence-electron chi connectivity index (χ0n) is 24.4. The average molecular weight is 664 g/mol. The second-order valence-corrected chi connectivity index (χ2v) is 12.9. The highest BCUT2D eigenvalue weighted by Gasteiger charge is 2.39. The average Bonchev–Trinajstić information content (AvgIpc) is 3.46. The van der Waals surface area contributed by atoms with Crippen molar-refractivity contribution in [1.29, 1.82) is 0 Å². The Labute approximate surface area is 268 Å². The predicted octanol–water partition coefficient (Wildman–Crippen LogP) is 6.57. The summed E-state index contributed by atoms with van der Waals surface area (Å²) in [5.41, 5.74) is 2.99. The largest absolute Gasteiger partial charge is 0.489 e. The minimum atomic E-state index is -1.15. The van der Waals surface area contributed by atoms with Gasteiger partial charge in [0.05, 0.1) is 58.4 Å². The summed E-state index contributed by atoms with van der Waals surface area (Å²) < 4.78 is 35.2. The SMILES string of the molecule is COC(=O)c1cc(OC(C)C)c2nc(CCO[C@@H]3C(OCc4c(-c5c(Cl)cccc5Cl)noc4C4CC4)CO[C@@H]3O)sc2c1. The van der Waals surface area contributed by atoms with E-state index in [0.29, 0.717) is 44.6 Å². The molecular formula is C31H32Cl2N2O8S. The van der Waals surface area contributed by atoms with Crippen LogP contribution in [0.1, 0.15) is 59.3 Å². The van der Waals surface area contributed by atoms with Crippen molar-refractivity contribution in [3.8, 4) is 17.0 Å². The molecule has 1 aliphatic carbocycles. The van der Waals surface area contributed by atoms with Crippen LogP contribution in [0, 0.1) is 0 Å².